The van der Waals surface area contributed by atoms with Gasteiger partial charge in [-0.05, 0) is 31.4 Å². The fraction of sp³-hybridized carbons (Fsp3) is 0.500. The van der Waals surface area contributed by atoms with E-state index in [2.05, 4.69) is 15.5 Å². The van der Waals surface area contributed by atoms with E-state index < -0.39 is 0 Å². The lowest BCUT2D eigenvalue weighted by Gasteiger charge is -2.26. The molecule has 4 heteroatoms. The molecule has 0 aliphatic heterocycles. The summed E-state index contributed by atoms with van der Waals surface area (Å²) in [6, 6.07) is 4.22. The zero-order valence-corrected chi connectivity index (χ0v) is 6.83. The molecule has 1 aliphatic carbocycles. The third-order valence-electron chi connectivity index (χ3n) is 2.14. The fourth-order valence-electron chi connectivity index (χ4n) is 1.18. The van der Waals surface area contributed by atoms with E-state index in [0.717, 1.165) is 5.82 Å². The van der Waals surface area contributed by atoms with Gasteiger partial charge in [0, 0.05) is 6.04 Å². The van der Waals surface area contributed by atoms with Crippen LogP contribution in [0.1, 0.15) is 19.3 Å². The Balaban J connectivity index is 1.98. The van der Waals surface area contributed by atoms with E-state index in [1.807, 2.05) is 6.07 Å². The Kier molecular flexibility index (Phi) is 1.81. The second-order valence-corrected chi connectivity index (χ2v) is 3.12. The van der Waals surface area contributed by atoms with Crippen molar-refractivity contribution in [1.29, 1.82) is 0 Å². The van der Waals surface area contributed by atoms with Crippen LogP contribution >= 0.6 is 0 Å². The van der Waals surface area contributed by atoms with E-state index in [0.29, 0.717) is 11.9 Å². The zero-order valence-electron chi connectivity index (χ0n) is 6.83. The van der Waals surface area contributed by atoms with Crippen LogP contribution in [0.5, 0.6) is 0 Å². The highest BCUT2D eigenvalue weighted by atomic mass is 15.2. The molecule has 0 atom stereocenters. The summed E-state index contributed by atoms with van der Waals surface area (Å²) in [5.74, 6) is 1.29. The highest BCUT2D eigenvalue weighted by Gasteiger charge is 2.16. The van der Waals surface area contributed by atoms with Gasteiger partial charge in [-0.25, -0.2) is 0 Å². The molecule has 2 rings (SSSR count). The molecule has 0 bridgehead atoms. The number of nitrogens with two attached hydrogens (primary N) is 1. The smallest absolute Gasteiger partial charge is 0.149 e. The Morgan fingerprint density at radius 1 is 1.33 bits per heavy atom. The summed E-state index contributed by atoms with van der Waals surface area (Å²) in [4.78, 5) is 0. The van der Waals surface area contributed by atoms with Crippen LogP contribution in [0, 0.1) is 0 Å². The summed E-state index contributed by atoms with van der Waals surface area (Å²) >= 11 is 0. The molecule has 0 unspecified atom stereocenters. The normalized spacial score (nSPS) is 17.0. The summed E-state index contributed by atoms with van der Waals surface area (Å²) < 4.78 is 0. The van der Waals surface area contributed by atoms with Crippen molar-refractivity contribution in [3.05, 3.63) is 12.1 Å². The van der Waals surface area contributed by atoms with Crippen LogP contribution in [0.25, 0.3) is 0 Å². The van der Waals surface area contributed by atoms with Crippen LogP contribution < -0.4 is 11.1 Å². The number of nitrogens with one attached hydrogen (secondary N) is 1. The van der Waals surface area contributed by atoms with Crippen LogP contribution in [-0.2, 0) is 0 Å². The SMILES string of the molecule is Nc1ccc(NC2CCC2)nn1. The lowest BCUT2D eigenvalue weighted by atomic mass is 9.93. The van der Waals surface area contributed by atoms with Gasteiger partial charge in [-0.15, -0.1) is 10.2 Å². The molecule has 0 radical (unpaired) electrons. The Hall–Kier alpha value is -1.32. The molecule has 1 heterocycles. The van der Waals surface area contributed by atoms with Crippen LogP contribution in [0.3, 0.4) is 0 Å². The van der Waals surface area contributed by atoms with Gasteiger partial charge in [0.2, 0.25) is 0 Å². The molecule has 0 saturated heterocycles. The largest absolute Gasteiger partial charge is 0.382 e. The minimum atomic E-state index is 0.467. The monoisotopic (exact) mass is 164 g/mol. The van der Waals surface area contributed by atoms with E-state index in [-0.39, 0.29) is 0 Å². The molecule has 4 nitrogen and oxygen atoms in total. The lowest BCUT2D eigenvalue weighted by Crippen LogP contribution is -2.27. The van der Waals surface area contributed by atoms with E-state index >= 15 is 0 Å². The van der Waals surface area contributed by atoms with Crippen LogP contribution in [0.2, 0.25) is 0 Å². The molecular formula is C8H12N4. The summed E-state index contributed by atoms with van der Waals surface area (Å²) in [5.41, 5.74) is 5.40. The quantitative estimate of drug-likeness (QED) is 0.685. The number of nitrogens with zero attached hydrogens (tertiary/aromatic N) is 2. The molecule has 1 aromatic heterocycles. The van der Waals surface area contributed by atoms with Gasteiger partial charge in [0.05, 0.1) is 0 Å². The van der Waals surface area contributed by atoms with E-state index in [9.17, 15) is 0 Å². The Morgan fingerprint density at radius 2 is 2.17 bits per heavy atom. The summed E-state index contributed by atoms with van der Waals surface area (Å²) in [5, 5.41) is 10.9. The zero-order chi connectivity index (χ0) is 8.39. The molecule has 64 valence electrons. The predicted molar refractivity (Wildman–Crippen MR) is 47.7 cm³/mol. The number of hydrogen-bond acceptors (Lipinski definition) is 4. The average molecular weight is 164 g/mol. The van der Waals surface area contributed by atoms with E-state index in [4.69, 9.17) is 5.73 Å². The van der Waals surface area contributed by atoms with E-state index in [1.165, 1.54) is 19.3 Å². The molecule has 1 saturated carbocycles. The highest BCUT2D eigenvalue weighted by Crippen LogP contribution is 2.21. The number of nitrogen functional groups attached to an aromatic ring is 1. The summed E-state index contributed by atoms with van der Waals surface area (Å²) in [6.45, 7) is 0. The first kappa shape index (κ1) is 7.34. The van der Waals surface area contributed by atoms with Crippen molar-refractivity contribution in [2.24, 2.45) is 0 Å². The van der Waals surface area contributed by atoms with Crippen molar-refractivity contribution in [2.45, 2.75) is 25.3 Å². The van der Waals surface area contributed by atoms with Gasteiger partial charge in [-0.3, -0.25) is 0 Å². The molecule has 12 heavy (non-hydrogen) atoms. The lowest BCUT2D eigenvalue weighted by molar-refractivity contribution is 0.444. The van der Waals surface area contributed by atoms with Crippen molar-refractivity contribution < 1.29 is 0 Å². The Labute approximate surface area is 71.2 Å². The van der Waals surface area contributed by atoms with Crippen molar-refractivity contribution in [3.63, 3.8) is 0 Å². The molecule has 0 amide bonds. The second kappa shape index (κ2) is 2.97. The van der Waals surface area contributed by atoms with Crippen LogP contribution in [-0.4, -0.2) is 16.2 Å². The minimum Gasteiger partial charge on any atom is -0.382 e. The molecular weight excluding hydrogens is 152 g/mol. The van der Waals surface area contributed by atoms with Crippen molar-refractivity contribution >= 4 is 11.6 Å². The van der Waals surface area contributed by atoms with Gasteiger partial charge in [-0.1, -0.05) is 0 Å². The molecule has 0 aromatic carbocycles. The Morgan fingerprint density at radius 3 is 2.67 bits per heavy atom. The van der Waals surface area contributed by atoms with Gasteiger partial charge in [0.25, 0.3) is 0 Å². The topological polar surface area (TPSA) is 63.8 Å². The van der Waals surface area contributed by atoms with Crippen LogP contribution in [0.15, 0.2) is 12.1 Å². The second-order valence-electron chi connectivity index (χ2n) is 3.12. The molecule has 1 aromatic rings. The number of hydrogen-bond donors (Lipinski definition) is 2. The first-order valence-electron chi connectivity index (χ1n) is 4.20. The van der Waals surface area contributed by atoms with Crippen molar-refractivity contribution in [1.82, 2.24) is 10.2 Å². The van der Waals surface area contributed by atoms with Gasteiger partial charge in [-0.2, -0.15) is 0 Å². The minimum absolute atomic E-state index is 0.467. The standard InChI is InChI=1S/C8H12N4/c9-7-4-5-8(12-11-7)10-6-2-1-3-6/h4-6H,1-3H2,(H2,9,11)(H,10,12). The number of anilines is 2. The Bertz CT molecular complexity index is 252. The molecule has 0 spiro atoms. The summed E-state index contributed by atoms with van der Waals surface area (Å²) in [7, 11) is 0. The third-order valence-corrected chi connectivity index (χ3v) is 2.14. The van der Waals surface area contributed by atoms with Crippen LogP contribution in [0.4, 0.5) is 11.6 Å². The maximum atomic E-state index is 5.40. The number of aromatic nitrogens is 2. The van der Waals surface area contributed by atoms with Gasteiger partial charge in [0.1, 0.15) is 11.6 Å². The average Bonchev–Trinajstić information content (AvgIpc) is 2.00. The first-order chi connectivity index (χ1) is 5.84. The first-order valence-corrected chi connectivity index (χ1v) is 4.20. The fourth-order valence-corrected chi connectivity index (χ4v) is 1.18. The van der Waals surface area contributed by atoms with Crippen molar-refractivity contribution in [3.8, 4) is 0 Å². The highest BCUT2D eigenvalue weighted by molar-refractivity contribution is 5.39. The predicted octanol–water partition coefficient (Wildman–Crippen LogP) is 1.02. The van der Waals surface area contributed by atoms with Gasteiger partial charge < -0.3 is 11.1 Å². The van der Waals surface area contributed by atoms with Gasteiger partial charge in [0.15, 0.2) is 0 Å². The molecule has 1 fully saturated rings. The van der Waals surface area contributed by atoms with E-state index in [1.54, 1.807) is 6.07 Å². The summed E-state index contributed by atoms with van der Waals surface area (Å²) in [6.07, 6.45) is 3.80. The molecule has 3 N–H and O–H groups in total. The third kappa shape index (κ3) is 1.47. The van der Waals surface area contributed by atoms with Crippen molar-refractivity contribution in [2.75, 3.05) is 11.1 Å². The maximum Gasteiger partial charge on any atom is 0.149 e. The molecule has 1 aliphatic rings. The maximum absolute atomic E-state index is 5.40. The van der Waals surface area contributed by atoms with Gasteiger partial charge >= 0.3 is 0 Å². The number of rotatable bonds is 2.